The molecule has 3 aromatic carbocycles. The lowest BCUT2D eigenvalue weighted by atomic mass is 10.1. The summed E-state index contributed by atoms with van der Waals surface area (Å²) in [5.41, 5.74) is 2.98. The summed E-state index contributed by atoms with van der Waals surface area (Å²) in [4.78, 5) is 40.9. The standard InChI is InChI=1S/C26H25N3O3/c30-24-22-14-7-8-15-23(22)25(31)29(24)17-9-16-27-26(32)28(18-20-10-3-1-4-11-20)19-21-12-5-2-6-13-21/h1-8,10-15H,9,16-19H2,(H,27,32). The second-order valence-corrected chi connectivity index (χ2v) is 7.72. The molecule has 0 bridgehead atoms. The summed E-state index contributed by atoms with van der Waals surface area (Å²) < 4.78 is 0. The van der Waals surface area contributed by atoms with E-state index in [1.165, 1.54) is 4.90 Å². The summed E-state index contributed by atoms with van der Waals surface area (Å²) >= 11 is 0. The molecule has 0 saturated carbocycles. The van der Waals surface area contributed by atoms with Crippen LogP contribution in [0, 0.1) is 0 Å². The number of nitrogens with one attached hydrogen (secondary N) is 1. The van der Waals surface area contributed by atoms with E-state index in [9.17, 15) is 14.4 Å². The van der Waals surface area contributed by atoms with Crippen molar-refractivity contribution < 1.29 is 14.4 Å². The predicted molar refractivity (Wildman–Crippen MR) is 122 cm³/mol. The zero-order chi connectivity index (χ0) is 22.3. The third-order valence-corrected chi connectivity index (χ3v) is 5.43. The Kier molecular flexibility index (Phi) is 6.60. The van der Waals surface area contributed by atoms with Crippen LogP contribution in [0.5, 0.6) is 0 Å². The first-order valence-corrected chi connectivity index (χ1v) is 10.7. The van der Waals surface area contributed by atoms with E-state index in [2.05, 4.69) is 5.32 Å². The van der Waals surface area contributed by atoms with Gasteiger partial charge >= 0.3 is 6.03 Å². The van der Waals surface area contributed by atoms with Crippen LogP contribution in [-0.2, 0) is 13.1 Å². The van der Waals surface area contributed by atoms with E-state index in [0.717, 1.165) is 11.1 Å². The molecule has 1 heterocycles. The molecule has 1 N–H and O–H groups in total. The second kappa shape index (κ2) is 9.92. The van der Waals surface area contributed by atoms with Crippen LogP contribution in [-0.4, -0.2) is 40.7 Å². The van der Waals surface area contributed by atoms with E-state index in [4.69, 9.17) is 0 Å². The minimum absolute atomic E-state index is 0.180. The highest BCUT2D eigenvalue weighted by Gasteiger charge is 2.34. The third kappa shape index (κ3) is 4.86. The van der Waals surface area contributed by atoms with Crippen LogP contribution in [0.3, 0.4) is 0 Å². The highest BCUT2D eigenvalue weighted by molar-refractivity contribution is 6.21. The number of carbonyl (C=O) groups is 3. The number of hydrogen-bond acceptors (Lipinski definition) is 3. The molecule has 1 aliphatic rings. The van der Waals surface area contributed by atoms with Crippen LogP contribution in [0.1, 0.15) is 38.3 Å². The van der Waals surface area contributed by atoms with Crippen molar-refractivity contribution in [3.63, 3.8) is 0 Å². The quantitative estimate of drug-likeness (QED) is 0.435. The summed E-state index contributed by atoms with van der Waals surface area (Å²) in [7, 11) is 0. The number of hydrogen-bond donors (Lipinski definition) is 1. The number of fused-ring (bicyclic) bond motifs is 1. The van der Waals surface area contributed by atoms with Crippen LogP contribution < -0.4 is 5.32 Å². The van der Waals surface area contributed by atoms with Gasteiger partial charge in [0.05, 0.1) is 11.1 Å². The zero-order valence-corrected chi connectivity index (χ0v) is 17.7. The third-order valence-electron chi connectivity index (χ3n) is 5.43. The van der Waals surface area contributed by atoms with E-state index in [1.54, 1.807) is 29.2 Å². The molecular weight excluding hydrogens is 402 g/mol. The van der Waals surface area contributed by atoms with E-state index in [1.807, 2.05) is 60.7 Å². The number of imide groups is 1. The van der Waals surface area contributed by atoms with Crippen molar-refractivity contribution in [2.24, 2.45) is 0 Å². The van der Waals surface area contributed by atoms with Gasteiger partial charge in [0.15, 0.2) is 0 Å². The molecule has 0 radical (unpaired) electrons. The fourth-order valence-electron chi connectivity index (χ4n) is 3.79. The molecular formula is C26H25N3O3. The van der Waals surface area contributed by atoms with Crippen LogP contribution in [0.2, 0.25) is 0 Å². The molecule has 4 rings (SSSR count). The molecule has 162 valence electrons. The summed E-state index contributed by atoms with van der Waals surface area (Å²) in [6.07, 6.45) is 0.488. The predicted octanol–water partition coefficient (Wildman–Crippen LogP) is 4.08. The smallest absolute Gasteiger partial charge is 0.318 e. The van der Waals surface area contributed by atoms with E-state index in [0.29, 0.717) is 37.2 Å². The molecule has 3 aromatic rings. The van der Waals surface area contributed by atoms with E-state index >= 15 is 0 Å². The normalized spacial score (nSPS) is 12.6. The van der Waals surface area contributed by atoms with Gasteiger partial charge in [-0.25, -0.2) is 4.79 Å². The maximum Gasteiger partial charge on any atom is 0.318 e. The zero-order valence-electron chi connectivity index (χ0n) is 17.7. The number of rotatable bonds is 8. The van der Waals surface area contributed by atoms with E-state index < -0.39 is 0 Å². The molecule has 0 saturated heterocycles. The fourth-order valence-corrected chi connectivity index (χ4v) is 3.79. The molecule has 0 atom stereocenters. The molecule has 6 heteroatoms. The topological polar surface area (TPSA) is 69.7 Å². The van der Waals surface area contributed by atoms with Crippen molar-refractivity contribution in [3.8, 4) is 0 Å². The van der Waals surface area contributed by atoms with Crippen LogP contribution in [0.25, 0.3) is 0 Å². The van der Waals surface area contributed by atoms with Gasteiger partial charge in [-0.05, 0) is 29.7 Å². The van der Waals surface area contributed by atoms with Gasteiger partial charge in [-0.15, -0.1) is 0 Å². The highest BCUT2D eigenvalue weighted by Crippen LogP contribution is 2.22. The Labute approximate surface area is 187 Å². The summed E-state index contributed by atoms with van der Waals surface area (Å²) in [5.74, 6) is -0.543. The number of carbonyl (C=O) groups excluding carboxylic acids is 3. The molecule has 0 aromatic heterocycles. The maximum atomic E-state index is 12.9. The Morgan fingerprint density at radius 3 is 1.69 bits per heavy atom. The van der Waals surface area contributed by atoms with Crippen molar-refractivity contribution in [1.82, 2.24) is 15.1 Å². The lowest BCUT2D eigenvalue weighted by Crippen LogP contribution is -2.40. The molecule has 0 aliphatic carbocycles. The SMILES string of the molecule is O=C(NCCCN1C(=O)c2ccccc2C1=O)N(Cc1ccccc1)Cc1ccccc1. The minimum Gasteiger partial charge on any atom is -0.338 e. The molecule has 4 amide bonds. The average Bonchev–Trinajstić information content (AvgIpc) is 3.07. The molecule has 0 unspecified atom stereocenters. The molecule has 1 aliphatic heterocycles. The number of nitrogens with zero attached hydrogens (tertiary/aromatic N) is 2. The van der Waals surface area contributed by atoms with Gasteiger partial charge in [0.1, 0.15) is 0 Å². The lowest BCUT2D eigenvalue weighted by Gasteiger charge is -2.24. The summed E-state index contributed by atoms with van der Waals surface area (Å²) in [5, 5.41) is 2.94. The Morgan fingerprint density at radius 2 is 1.19 bits per heavy atom. The first-order valence-electron chi connectivity index (χ1n) is 10.7. The van der Waals surface area contributed by atoms with Gasteiger partial charge in [0.25, 0.3) is 11.8 Å². The molecule has 32 heavy (non-hydrogen) atoms. The van der Waals surface area contributed by atoms with Crippen molar-refractivity contribution in [2.45, 2.75) is 19.5 Å². The summed E-state index contributed by atoms with van der Waals surface area (Å²) in [6.45, 7) is 1.61. The Bertz CT molecular complexity index is 1020. The Hall–Kier alpha value is -3.93. The van der Waals surface area contributed by atoms with Gasteiger partial charge < -0.3 is 10.2 Å². The lowest BCUT2D eigenvalue weighted by molar-refractivity contribution is 0.0653. The fraction of sp³-hybridized carbons (Fsp3) is 0.192. The monoisotopic (exact) mass is 427 g/mol. The van der Waals surface area contributed by atoms with Gasteiger partial charge in [0, 0.05) is 26.2 Å². The first-order chi connectivity index (χ1) is 15.6. The number of benzene rings is 3. The van der Waals surface area contributed by atoms with Gasteiger partial charge in [0.2, 0.25) is 0 Å². The number of amides is 4. The second-order valence-electron chi connectivity index (χ2n) is 7.72. The van der Waals surface area contributed by atoms with Crippen LogP contribution in [0.4, 0.5) is 4.79 Å². The van der Waals surface area contributed by atoms with E-state index in [-0.39, 0.29) is 24.4 Å². The van der Waals surface area contributed by atoms with Gasteiger partial charge in [-0.1, -0.05) is 72.8 Å². The Balaban J connectivity index is 1.33. The molecule has 6 nitrogen and oxygen atoms in total. The minimum atomic E-state index is -0.272. The van der Waals surface area contributed by atoms with Crippen molar-refractivity contribution >= 4 is 17.8 Å². The van der Waals surface area contributed by atoms with Crippen molar-refractivity contribution in [1.29, 1.82) is 0 Å². The molecule has 0 spiro atoms. The largest absolute Gasteiger partial charge is 0.338 e. The number of urea groups is 1. The highest BCUT2D eigenvalue weighted by atomic mass is 16.2. The molecule has 0 fully saturated rings. The maximum absolute atomic E-state index is 12.9. The van der Waals surface area contributed by atoms with Gasteiger partial charge in [-0.3, -0.25) is 14.5 Å². The van der Waals surface area contributed by atoms with Crippen molar-refractivity contribution in [3.05, 3.63) is 107 Å². The average molecular weight is 428 g/mol. The van der Waals surface area contributed by atoms with Gasteiger partial charge in [-0.2, -0.15) is 0 Å². The summed E-state index contributed by atoms with van der Waals surface area (Å²) in [6, 6.07) is 26.4. The van der Waals surface area contributed by atoms with Crippen molar-refractivity contribution in [2.75, 3.05) is 13.1 Å². The Morgan fingerprint density at radius 1 is 0.719 bits per heavy atom. The first kappa shape index (κ1) is 21.3. The van der Waals surface area contributed by atoms with Crippen LogP contribution >= 0.6 is 0 Å². The van der Waals surface area contributed by atoms with Crippen LogP contribution in [0.15, 0.2) is 84.9 Å².